The standard InChI is InChI=1S/C9H12F2N2O3S2/c1-5-7(18(12,15)16)3-6(17-5)9(14)13(2)4-8(10)11/h3,8H,4H2,1-2H3,(H2,12,15,16). The maximum absolute atomic E-state index is 12.1. The molecular weight excluding hydrogens is 286 g/mol. The number of alkyl halides is 2. The van der Waals surface area contributed by atoms with E-state index in [1.54, 1.807) is 0 Å². The smallest absolute Gasteiger partial charge is 0.263 e. The minimum absolute atomic E-state index is 0.0691. The molecule has 2 N–H and O–H groups in total. The maximum Gasteiger partial charge on any atom is 0.263 e. The summed E-state index contributed by atoms with van der Waals surface area (Å²) in [6.07, 6.45) is -2.64. The molecule has 0 radical (unpaired) electrons. The number of hydrogen-bond donors (Lipinski definition) is 1. The van der Waals surface area contributed by atoms with Gasteiger partial charge in [0.05, 0.1) is 16.3 Å². The summed E-state index contributed by atoms with van der Waals surface area (Å²) < 4.78 is 46.6. The number of aryl methyl sites for hydroxylation is 1. The highest BCUT2D eigenvalue weighted by Gasteiger charge is 2.22. The number of nitrogens with zero attached hydrogens (tertiary/aromatic N) is 1. The van der Waals surface area contributed by atoms with E-state index in [1.165, 1.54) is 14.0 Å². The van der Waals surface area contributed by atoms with Crippen molar-refractivity contribution in [3.05, 3.63) is 15.8 Å². The van der Waals surface area contributed by atoms with E-state index in [0.717, 1.165) is 22.3 Å². The Labute approximate surface area is 107 Å². The maximum atomic E-state index is 12.1. The Morgan fingerprint density at radius 3 is 2.50 bits per heavy atom. The van der Waals surface area contributed by atoms with Gasteiger partial charge in [-0.2, -0.15) is 0 Å². The Hall–Kier alpha value is -1.06. The lowest BCUT2D eigenvalue weighted by atomic mass is 10.4. The molecule has 0 aliphatic carbocycles. The number of amides is 1. The van der Waals surface area contributed by atoms with Crippen LogP contribution in [0.15, 0.2) is 11.0 Å². The molecule has 0 saturated heterocycles. The molecule has 1 aromatic heterocycles. The van der Waals surface area contributed by atoms with Gasteiger partial charge in [-0.1, -0.05) is 0 Å². The lowest BCUT2D eigenvalue weighted by molar-refractivity contribution is 0.0624. The van der Waals surface area contributed by atoms with Crippen LogP contribution in [0, 0.1) is 6.92 Å². The third-order valence-electron chi connectivity index (χ3n) is 2.15. The Balaban J connectivity index is 3.02. The lowest BCUT2D eigenvalue weighted by Gasteiger charge is -2.14. The summed E-state index contributed by atoms with van der Waals surface area (Å²) in [5.41, 5.74) is 0. The van der Waals surface area contributed by atoms with E-state index in [2.05, 4.69) is 0 Å². The highest BCUT2D eigenvalue weighted by atomic mass is 32.2. The zero-order valence-corrected chi connectivity index (χ0v) is 11.3. The number of rotatable bonds is 4. The third kappa shape index (κ3) is 3.47. The molecule has 0 fully saturated rings. The number of nitrogens with two attached hydrogens (primary N) is 1. The average Bonchev–Trinajstić information content (AvgIpc) is 2.57. The van der Waals surface area contributed by atoms with Crippen molar-refractivity contribution in [1.29, 1.82) is 0 Å². The van der Waals surface area contributed by atoms with Gasteiger partial charge in [0.1, 0.15) is 0 Å². The molecule has 5 nitrogen and oxygen atoms in total. The van der Waals surface area contributed by atoms with Crippen molar-refractivity contribution in [2.45, 2.75) is 18.2 Å². The second-order valence-corrected chi connectivity index (χ2v) is 6.44. The Morgan fingerprint density at radius 1 is 1.56 bits per heavy atom. The van der Waals surface area contributed by atoms with Gasteiger partial charge >= 0.3 is 0 Å². The van der Waals surface area contributed by atoms with Crippen LogP contribution in [0.25, 0.3) is 0 Å². The summed E-state index contributed by atoms with van der Waals surface area (Å²) in [5, 5.41) is 4.96. The molecule has 0 atom stereocenters. The molecule has 0 spiro atoms. The summed E-state index contributed by atoms with van der Waals surface area (Å²) in [5.74, 6) is -0.654. The van der Waals surface area contributed by atoms with Gasteiger partial charge in [-0.25, -0.2) is 22.3 Å². The molecule has 0 bridgehead atoms. The first kappa shape index (κ1) is 15.0. The highest BCUT2D eigenvalue weighted by molar-refractivity contribution is 7.89. The molecule has 0 unspecified atom stereocenters. The predicted molar refractivity (Wildman–Crippen MR) is 63.4 cm³/mol. The zero-order chi connectivity index (χ0) is 14.1. The first-order valence-electron chi connectivity index (χ1n) is 4.79. The molecule has 1 aromatic rings. The van der Waals surface area contributed by atoms with Crippen LogP contribution in [-0.4, -0.2) is 39.2 Å². The second kappa shape index (κ2) is 5.29. The van der Waals surface area contributed by atoms with E-state index in [0.29, 0.717) is 4.88 Å². The van der Waals surface area contributed by atoms with Crippen molar-refractivity contribution in [2.24, 2.45) is 5.14 Å². The van der Waals surface area contributed by atoms with Crippen molar-refractivity contribution >= 4 is 27.3 Å². The summed E-state index contributed by atoms with van der Waals surface area (Å²) >= 11 is 0.909. The first-order chi connectivity index (χ1) is 8.12. The van der Waals surface area contributed by atoms with Gasteiger partial charge in [-0.3, -0.25) is 4.79 Å². The van der Waals surface area contributed by atoms with Gasteiger partial charge in [-0.05, 0) is 13.0 Å². The molecule has 9 heteroatoms. The number of carbonyl (C=O) groups excluding carboxylic acids is 1. The normalized spacial score (nSPS) is 11.9. The number of hydrogen-bond acceptors (Lipinski definition) is 4. The van der Waals surface area contributed by atoms with Crippen LogP contribution in [0.1, 0.15) is 14.5 Å². The lowest BCUT2D eigenvalue weighted by Crippen LogP contribution is -2.30. The van der Waals surface area contributed by atoms with Crippen molar-refractivity contribution in [2.75, 3.05) is 13.6 Å². The van der Waals surface area contributed by atoms with Gasteiger partial charge < -0.3 is 4.90 Å². The Bertz CT molecular complexity index is 554. The molecule has 1 heterocycles. The minimum atomic E-state index is -3.90. The topological polar surface area (TPSA) is 80.5 Å². The Morgan fingerprint density at radius 2 is 2.11 bits per heavy atom. The first-order valence-corrected chi connectivity index (χ1v) is 7.16. The molecule has 18 heavy (non-hydrogen) atoms. The van der Waals surface area contributed by atoms with Crippen molar-refractivity contribution < 1.29 is 22.0 Å². The Kier molecular flexibility index (Phi) is 4.41. The number of carbonyl (C=O) groups is 1. The minimum Gasteiger partial charge on any atom is -0.335 e. The summed E-state index contributed by atoms with van der Waals surface area (Å²) in [4.78, 5) is 12.8. The fourth-order valence-corrected chi connectivity index (χ4v) is 3.47. The van der Waals surface area contributed by atoms with Crippen LogP contribution >= 0.6 is 11.3 Å². The predicted octanol–water partition coefficient (Wildman–Crippen LogP) is 1.04. The highest BCUT2D eigenvalue weighted by Crippen LogP contribution is 2.25. The molecule has 0 aromatic carbocycles. The number of thiophene rings is 1. The molecule has 0 aliphatic heterocycles. The van der Waals surface area contributed by atoms with Gasteiger partial charge in [0, 0.05) is 11.9 Å². The molecule has 1 rings (SSSR count). The monoisotopic (exact) mass is 298 g/mol. The fraction of sp³-hybridized carbons (Fsp3) is 0.444. The van der Waals surface area contributed by atoms with Crippen LogP contribution in [0.5, 0.6) is 0 Å². The van der Waals surface area contributed by atoms with Crippen molar-refractivity contribution in [1.82, 2.24) is 4.90 Å². The average molecular weight is 298 g/mol. The second-order valence-electron chi connectivity index (χ2n) is 3.65. The van der Waals surface area contributed by atoms with E-state index >= 15 is 0 Å². The van der Waals surface area contributed by atoms with Gasteiger partial charge in [-0.15, -0.1) is 11.3 Å². The summed E-state index contributed by atoms with van der Waals surface area (Å²) in [6, 6.07) is 1.11. The summed E-state index contributed by atoms with van der Waals surface area (Å²) in [7, 11) is -2.68. The van der Waals surface area contributed by atoms with E-state index in [1.807, 2.05) is 0 Å². The number of halogens is 2. The van der Waals surface area contributed by atoms with Crippen LogP contribution < -0.4 is 5.14 Å². The van der Waals surface area contributed by atoms with Crippen molar-refractivity contribution in [3.63, 3.8) is 0 Å². The van der Waals surface area contributed by atoms with E-state index in [-0.39, 0.29) is 9.77 Å². The van der Waals surface area contributed by atoms with Crippen LogP contribution in [0.3, 0.4) is 0 Å². The van der Waals surface area contributed by atoms with Gasteiger partial charge in [0.25, 0.3) is 12.3 Å². The van der Waals surface area contributed by atoms with Gasteiger partial charge in [0.2, 0.25) is 10.0 Å². The fourth-order valence-electron chi connectivity index (χ4n) is 1.33. The van der Waals surface area contributed by atoms with Crippen LogP contribution in [-0.2, 0) is 10.0 Å². The summed E-state index contributed by atoms with van der Waals surface area (Å²) in [6.45, 7) is 0.786. The molecular formula is C9H12F2N2O3S2. The van der Waals surface area contributed by atoms with E-state index in [9.17, 15) is 22.0 Å². The molecule has 1 amide bonds. The molecule has 0 saturated carbocycles. The number of sulfonamides is 1. The molecule has 102 valence electrons. The largest absolute Gasteiger partial charge is 0.335 e. The van der Waals surface area contributed by atoms with Gasteiger partial charge in [0.15, 0.2) is 0 Å². The van der Waals surface area contributed by atoms with Crippen LogP contribution in [0.4, 0.5) is 8.78 Å². The SMILES string of the molecule is Cc1sc(C(=O)N(C)CC(F)F)cc1S(N)(=O)=O. The zero-order valence-electron chi connectivity index (χ0n) is 9.68. The van der Waals surface area contributed by atoms with E-state index in [4.69, 9.17) is 5.14 Å². The van der Waals surface area contributed by atoms with Crippen LogP contribution in [0.2, 0.25) is 0 Å². The number of primary sulfonamides is 1. The van der Waals surface area contributed by atoms with Crippen molar-refractivity contribution in [3.8, 4) is 0 Å². The molecule has 0 aliphatic rings. The quantitative estimate of drug-likeness (QED) is 0.902. The van der Waals surface area contributed by atoms with E-state index < -0.39 is 28.9 Å². The third-order valence-corrected chi connectivity index (χ3v) is 4.35.